The van der Waals surface area contributed by atoms with Crippen LogP contribution >= 0.6 is 0 Å². The highest BCUT2D eigenvalue weighted by molar-refractivity contribution is 5.43. The fourth-order valence-corrected chi connectivity index (χ4v) is 1.50. The molecule has 0 unspecified atom stereocenters. The van der Waals surface area contributed by atoms with Crippen LogP contribution in [0.25, 0.3) is 0 Å². The van der Waals surface area contributed by atoms with Crippen LogP contribution in [0.5, 0.6) is 11.5 Å². The third-order valence-corrected chi connectivity index (χ3v) is 2.48. The van der Waals surface area contributed by atoms with E-state index in [-0.39, 0.29) is 5.41 Å². The van der Waals surface area contributed by atoms with Crippen molar-refractivity contribution in [3.63, 3.8) is 0 Å². The molecule has 82 valence electrons. The Kier molecular flexibility index (Phi) is 2.57. The van der Waals surface area contributed by atoms with Crippen LogP contribution in [0.3, 0.4) is 0 Å². The van der Waals surface area contributed by atoms with Crippen LogP contribution in [-0.4, -0.2) is 13.2 Å². The average molecular weight is 207 g/mol. The van der Waals surface area contributed by atoms with E-state index in [2.05, 4.69) is 13.8 Å². The first kappa shape index (κ1) is 10.3. The van der Waals surface area contributed by atoms with Crippen molar-refractivity contribution in [3.05, 3.63) is 23.8 Å². The lowest BCUT2D eigenvalue weighted by Crippen LogP contribution is -2.26. The summed E-state index contributed by atoms with van der Waals surface area (Å²) >= 11 is 0. The molecule has 0 aliphatic carbocycles. The molecule has 3 heteroatoms. The molecule has 0 aromatic heterocycles. The largest absolute Gasteiger partial charge is 0.489 e. The minimum absolute atomic E-state index is 0.0574. The number of rotatable bonds is 1. The lowest BCUT2D eigenvalue weighted by atomic mass is 9.97. The minimum Gasteiger partial charge on any atom is -0.489 e. The Morgan fingerprint density at radius 2 is 1.87 bits per heavy atom. The van der Waals surface area contributed by atoms with Crippen LogP contribution in [0, 0.1) is 5.41 Å². The van der Waals surface area contributed by atoms with Gasteiger partial charge in [0.05, 0.1) is 13.2 Å². The first-order chi connectivity index (χ1) is 7.11. The van der Waals surface area contributed by atoms with E-state index in [1.807, 2.05) is 18.2 Å². The Balaban J connectivity index is 2.27. The summed E-state index contributed by atoms with van der Waals surface area (Å²) in [5.74, 6) is 1.63. The minimum atomic E-state index is 0.0574. The van der Waals surface area contributed by atoms with Crippen molar-refractivity contribution in [2.24, 2.45) is 11.1 Å². The predicted octanol–water partition coefficient (Wildman–Crippen LogP) is 1.94. The van der Waals surface area contributed by atoms with Crippen molar-refractivity contribution >= 4 is 0 Å². The molecular formula is C12H17NO2. The summed E-state index contributed by atoms with van der Waals surface area (Å²) in [6, 6.07) is 5.86. The molecule has 0 saturated heterocycles. The van der Waals surface area contributed by atoms with E-state index in [0.29, 0.717) is 19.8 Å². The quantitative estimate of drug-likeness (QED) is 0.765. The van der Waals surface area contributed by atoms with Gasteiger partial charge in [0.1, 0.15) is 0 Å². The van der Waals surface area contributed by atoms with Gasteiger partial charge in [-0.2, -0.15) is 0 Å². The van der Waals surface area contributed by atoms with E-state index in [1.165, 1.54) is 0 Å². The molecule has 1 heterocycles. The highest BCUT2D eigenvalue weighted by Gasteiger charge is 2.25. The standard InChI is InChI=1S/C12H17NO2/c1-12(2)7-14-10-4-3-9(6-13)5-11(10)15-8-12/h3-5H,6-8,13H2,1-2H3. The summed E-state index contributed by atoms with van der Waals surface area (Å²) in [5, 5.41) is 0. The Labute approximate surface area is 90.2 Å². The fourth-order valence-electron chi connectivity index (χ4n) is 1.50. The second-order valence-electron chi connectivity index (χ2n) is 4.73. The number of ether oxygens (including phenoxy) is 2. The molecule has 0 atom stereocenters. The third kappa shape index (κ3) is 2.23. The lowest BCUT2D eigenvalue weighted by molar-refractivity contribution is 0.140. The van der Waals surface area contributed by atoms with Gasteiger partial charge in [0.2, 0.25) is 0 Å². The van der Waals surface area contributed by atoms with Gasteiger partial charge >= 0.3 is 0 Å². The van der Waals surface area contributed by atoms with Crippen LogP contribution in [0.4, 0.5) is 0 Å². The Bertz CT molecular complexity index is 361. The van der Waals surface area contributed by atoms with Crippen LogP contribution in [-0.2, 0) is 6.54 Å². The number of benzene rings is 1. The maximum atomic E-state index is 5.73. The number of hydrogen-bond acceptors (Lipinski definition) is 3. The van der Waals surface area contributed by atoms with Gasteiger partial charge in [-0.15, -0.1) is 0 Å². The van der Waals surface area contributed by atoms with Gasteiger partial charge in [-0.1, -0.05) is 19.9 Å². The van der Waals surface area contributed by atoms with Crippen molar-refractivity contribution in [1.29, 1.82) is 0 Å². The van der Waals surface area contributed by atoms with E-state index in [1.54, 1.807) is 0 Å². The third-order valence-electron chi connectivity index (χ3n) is 2.48. The SMILES string of the molecule is CC1(C)COc2ccc(CN)cc2OC1. The van der Waals surface area contributed by atoms with Crippen LogP contribution in [0.1, 0.15) is 19.4 Å². The smallest absolute Gasteiger partial charge is 0.161 e. The zero-order valence-corrected chi connectivity index (χ0v) is 9.25. The molecule has 0 fully saturated rings. The van der Waals surface area contributed by atoms with Crippen LogP contribution in [0.2, 0.25) is 0 Å². The van der Waals surface area contributed by atoms with Gasteiger partial charge in [0, 0.05) is 12.0 Å². The zero-order chi connectivity index (χ0) is 10.9. The number of nitrogens with two attached hydrogens (primary N) is 1. The zero-order valence-electron chi connectivity index (χ0n) is 9.25. The Hall–Kier alpha value is -1.22. The summed E-state index contributed by atoms with van der Waals surface area (Å²) in [7, 11) is 0. The molecule has 0 bridgehead atoms. The van der Waals surface area contributed by atoms with Crippen molar-refractivity contribution in [2.75, 3.05) is 13.2 Å². The van der Waals surface area contributed by atoms with Crippen molar-refractivity contribution in [3.8, 4) is 11.5 Å². The topological polar surface area (TPSA) is 44.5 Å². The average Bonchev–Trinajstić information content (AvgIpc) is 2.38. The highest BCUT2D eigenvalue weighted by atomic mass is 16.5. The summed E-state index contributed by atoms with van der Waals surface area (Å²) in [6.07, 6.45) is 0. The van der Waals surface area contributed by atoms with E-state index in [4.69, 9.17) is 15.2 Å². The van der Waals surface area contributed by atoms with E-state index in [9.17, 15) is 0 Å². The number of fused-ring (bicyclic) bond motifs is 1. The first-order valence-electron chi connectivity index (χ1n) is 5.19. The van der Waals surface area contributed by atoms with Crippen molar-refractivity contribution in [2.45, 2.75) is 20.4 Å². The molecule has 0 radical (unpaired) electrons. The van der Waals surface area contributed by atoms with Gasteiger partial charge in [-0.3, -0.25) is 0 Å². The summed E-state index contributed by atoms with van der Waals surface area (Å²) in [4.78, 5) is 0. The van der Waals surface area contributed by atoms with Gasteiger partial charge < -0.3 is 15.2 Å². The predicted molar refractivity (Wildman–Crippen MR) is 59.1 cm³/mol. The highest BCUT2D eigenvalue weighted by Crippen LogP contribution is 2.34. The van der Waals surface area contributed by atoms with Gasteiger partial charge in [-0.05, 0) is 17.7 Å². The van der Waals surface area contributed by atoms with Crippen molar-refractivity contribution in [1.82, 2.24) is 0 Å². The molecule has 1 aromatic carbocycles. The van der Waals surface area contributed by atoms with Crippen LogP contribution in [0.15, 0.2) is 18.2 Å². The molecule has 1 aliphatic heterocycles. The van der Waals surface area contributed by atoms with E-state index < -0.39 is 0 Å². The van der Waals surface area contributed by atoms with Gasteiger partial charge in [0.25, 0.3) is 0 Å². The Morgan fingerprint density at radius 1 is 1.20 bits per heavy atom. The molecule has 1 aromatic rings. The molecular weight excluding hydrogens is 190 g/mol. The van der Waals surface area contributed by atoms with Crippen molar-refractivity contribution < 1.29 is 9.47 Å². The van der Waals surface area contributed by atoms with Crippen LogP contribution < -0.4 is 15.2 Å². The second kappa shape index (κ2) is 3.74. The molecule has 0 saturated carbocycles. The Morgan fingerprint density at radius 3 is 2.53 bits per heavy atom. The maximum absolute atomic E-state index is 5.73. The van der Waals surface area contributed by atoms with E-state index >= 15 is 0 Å². The summed E-state index contributed by atoms with van der Waals surface area (Å²) in [5.41, 5.74) is 6.70. The normalized spacial score (nSPS) is 18.3. The summed E-state index contributed by atoms with van der Waals surface area (Å²) < 4.78 is 11.4. The number of hydrogen-bond donors (Lipinski definition) is 1. The molecule has 15 heavy (non-hydrogen) atoms. The van der Waals surface area contributed by atoms with Gasteiger partial charge in [-0.25, -0.2) is 0 Å². The molecule has 2 N–H and O–H groups in total. The van der Waals surface area contributed by atoms with Gasteiger partial charge in [0.15, 0.2) is 11.5 Å². The molecule has 3 nitrogen and oxygen atoms in total. The maximum Gasteiger partial charge on any atom is 0.161 e. The second-order valence-corrected chi connectivity index (χ2v) is 4.73. The monoisotopic (exact) mass is 207 g/mol. The molecule has 2 rings (SSSR count). The van der Waals surface area contributed by atoms with E-state index in [0.717, 1.165) is 17.1 Å². The molecule has 0 spiro atoms. The summed E-state index contributed by atoms with van der Waals surface area (Å²) in [6.45, 7) is 6.14. The first-order valence-corrected chi connectivity index (χ1v) is 5.19. The molecule has 1 aliphatic rings. The lowest BCUT2D eigenvalue weighted by Gasteiger charge is -2.19. The molecule has 0 amide bonds. The fraction of sp³-hybridized carbons (Fsp3) is 0.500.